The molecule has 2 rings (SSSR count). The van der Waals surface area contributed by atoms with Crippen molar-refractivity contribution in [2.75, 3.05) is 24.6 Å². The van der Waals surface area contributed by atoms with Crippen molar-refractivity contribution >= 4 is 22.6 Å². The van der Waals surface area contributed by atoms with Gasteiger partial charge in [-0.15, -0.1) is 0 Å². The lowest BCUT2D eigenvalue weighted by atomic mass is 10.3. The summed E-state index contributed by atoms with van der Waals surface area (Å²) in [7, 11) is 0. The third-order valence-corrected chi connectivity index (χ3v) is 3.04. The predicted octanol–water partition coefficient (Wildman–Crippen LogP) is -0.463. The molecule has 6 nitrogen and oxygen atoms in total. The molecule has 0 bridgehead atoms. The average molecular weight is 228 g/mol. The molecule has 1 unspecified atom stereocenters. The van der Waals surface area contributed by atoms with Gasteiger partial charge in [0.25, 0.3) is 0 Å². The van der Waals surface area contributed by atoms with Crippen molar-refractivity contribution in [3.8, 4) is 0 Å². The topological polar surface area (TPSA) is 81.3 Å². The molecule has 1 saturated heterocycles. The molecule has 0 spiro atoms. The number of nitrogens with zero attached hydrogens (tertiary/aromatic N) is 3. The summed E-state index contributed by atoms with van der Waals surface area (Å²) >= 11 is 1.33. The zero-order valence-electron chi connectivity index (χ0n) is 8.34. The van der Waals surface area contributed by atoms with E-state index in [1.54, 1.807) is 0 Å². The SMILES string of the molecule is Cc1nsc(N2CCOC(C(N)=O)C2)n1. The minimum Gasteiger partial charge on any atom is -0.367 e. The lowest BCUT2D eigenvalue weighted by Crippen LogP contribution is -2.48. The molecule has 1 aliphatic heterocycles. The Labute approximate surface area is 91.2 Å². The number of rotatable bonds is 2. The van der Waals surface area contributed by atoms with E-state index >= 15 is 0 Å². The first-order valence-electron chi connectivity index (χ1n) is 4.63. The van der Waals surface area contributed by atoms with Gasteiger partial charge in [0.15, 0.2) is 6.10 Å². The van der Waals surface area contributed by atoms with E-state index in [0.717, 1.165) is 17.5 Å². The summed E-state index contributed by atoms with van der Waals surface area (Å²) in [5, 5.41) is 0.821. The highest BCUT2D eigenvalue weighted by Gasteiger charge is 2.26. The summed E-state index contributed by atoms with van der Waals surface area (Å²) in [6.07, 6.45) is -0.539. The maximum Gasteiger partial charge on any atom is 0.248 e. The summed E-state index contributed by atoms with van der Waals surface area (Å²) in [6, 6.07) is 0. The number of aryl methyl sites for hydroxylation is 1. The Hall–Kier alpha value is -1.21. The zero-order valence-corrected chi connectivity index (χ0v) is 9.16. The molecule has 0 saturated carbocycles. The number of carbonyl (C=O) groups is 1. The van der Waals surface area contributed by atoms with E-state index in [0.29, 0.717) is 13.2 Å². The normalized spacial score (nSPS) is 21.7. The highest BCUT2D eigenvalue weighted by Crippen LogP contribution is 2.19. The Morgan fingerprint density at radius 3 is 3.13 bits per heavy atom. The van der Waals surface area contributed by atoms with Crippen LogP contribution in [0.4, 0.5) is 5.13 Å². The molecule has 1 aromatic rings. The molecule has 0 radical (unpaired) electrons. The quantitative estimate of drug-likeness (QED) is 0.740. The smallest absolute Gasteiger partial charge is 0.248 e. The van der Waals surface area contributed by atoms with E-state index in [-0.39, 0.29) is 0 Å². The van der Waals surface area contributed by atoms with Crippen molar-refractivity contribution in [2.24, 2.45) is 5.73 Å². The highest BCUT2D eigenvalue weighted by atomic mass is 32.1. The summed E-state index contributed by atoms with van der Waals surface area (Å²) in [6.45, 7) is 3.51. The highest BCUT2D eigenvalue weighted by molar-refractivity contribution is 7.09. The lowest BCUT2D eigenvalue weighted by Gasteiger charge is -2.30. The van der Waals surface area contributed by atoms with E-state index in [9.17, 15) is 4.79 Å². The summed E-state index contributed by atoms with van der Waals surface area (Å²) in [4.78, 5) is 17.2. The standard InChI is InChI=1S/C8H12N4O2S/c1-5-10-8(15-11-5)12-2-3-14-6(4-12)7(9)13/h6H,2-4H2,1H3,(H2,9,13). The lowest BCUT2D eigenvalue weighted by molar-refractivity contribution is -0.130. The minimum absolute atomic E-state index is 0.430. The van der Waals surface area contributed by atoms with Gasteiger partial charge in [0.05, 0.1) is 13.2 Å². The Morgan fingerprint density at radius 2 is 2.53 bits per heavy atom. The molecule has 2 N–H and O–H groups in total. The van der Waals surface area contributed by atoms with Crippen LogP contribution in [0.5, 0.6) is 0 Å². The monoisotopic (exact) mass is 228 g/mol. The van der Waals surface area contributed by atoms with Gasteiger partial charge < -0.3 is 15.4 Å². The van der Waals surface area contributed by atoms with Crippen molar-refractivity contribution < 1.29 is 9.53 Å². The molecular weight excluding hydrogens is 216 g/mol. The molecule has 1 atom stereocenters. The van der Waals surface area contributed by atoms with Crippen LogP contribution in [0.25, 0.3) is 0 Å². The largest absolute Gasteiger partial charge is 0.367 e. The van der Waals surface area contributed by atoms with Crippen molar-refractivity contribution in [1.82, 2.24) is 9.36 Å². The Morgan fingerprint density at radius 1 is 1.73 bits per heavy atom. The van der Waals surface area contributed by atoms with Gasteiger partial charge in [-0.25, -0.2) is 4.98 Å². The zero-order chi connectivity index (χ0) is 10.8. The van der Waals surface area contributed by atoms with Gasteiger partial charge in [-0.1, -0.05) is 0 Å². The third kappa shape index (κ3) is 2.24. The van der Waals surface area contributed by atoms with E-state index < -0.39 is 12.0 Å². The molecular formula is C8H12N4O2S. The third-order valence-electron chi connectivity index (χ3n) is 2.17. The van der Waals surface area contributed by atoms with E-state index in [4.69, 9.17) is 10.5 Å². The van der Waals surface area contributed by atoms with Gasteiger partial charge in [0.1, 0.15) is 5.82 Å². The van der Waals surface area contributed by atoms with Gasteiger partial charge in [-0.2, -0.15) is 4.37 Å². The average Bonchev–Trinajstić information content (AvgIpc) is 2.65. The predicted molar refractivity (Wildman–Crippen MR) is 55.8 cm³/mol. The summed E-state index contributed by atoms with van der Waals surface area (Å²) in [5.41, 5.74) is 5.19. The minimum atomic E-state index is -0.539. The fourth-order valence-corrected chi connectivity index (χ4v) is 2.12. The van der Waals surface area contributed by atoms with Gasteiger partial charge in [-0.05, 0) is 6.92 Å². The van der Waals surface area contributed by atoms with E-state index in [1.807, 2.05) is 11.8 Å². The number of ether oxygens (including phenoxy) is 1. The maximum absolute atomic E-state index is 11.0. The number of morpholine rings is 1. The van der Waals surface area contributed by atoms with Crippen molar-refractivity contribution in [3.05, 3.63) is 5.82 Å². The molecule has 82 valence electrons. The summed E-state index contributed by atoms with van der Waals surface area (Å²) in [5.74, 6) is 0.318. The van der Waals surface area contributed by atoms with Crippen LogP contribution >= 0.6 is 11.5 Å². The number of amides is 1. The van der Waals surface area contributed by atoms with Crippen molar-refractivity contribution in [2.45, 2.75) is 13.0 Å². The van der Waals surface area contributed by atoms with Crippen LogP contribution in [0, 0.1) is 6.92 Å². The molecule has 1 fully saturated rings. The maximum atomic E-state index is 11.0. The second-order valence-corrected chi connectivity index (χ2v) is 4.06. The first-order valence-corrected chi connectivity index (χ1v) is 5.40. The van der Waals surface area contributed by atoms with Crippen LogP contribution in [0.3, 0.4) is 0 Å². The van der Waals surface area contributed by atoms with Crippen LogP contribution in [0.15, 0.2) is 0 Å². The fraction of sp³-hybridized carbons (Fsp3) is 0.625. The molecule has 0 aliphatic carbocycles. The molecule has 7 heteroatoms. The molecule has 1 aromatic heterocycles. The Bertz CT molecular complexity index is 367. The summed E-state index contributed by atoms with van der Waals surface area (Å²) < 4.78 is 9.33. The van der Waals surface area contributed by atoms with E-state index in [2.05, 4.69) is 9.36 Å². The number of primary amides is 1. The number of anilines is 1. The second kappa shape index (κ2) is 4.11. The van der Waals surface area contributed by atoms with Crippen LogP contribution < -0.4 is 10.6 Å². The van der Waals surface area contributed by atoms with Crippen LogP contribution in [0.1, 0.15) is 5.82 Å². The van der Waals surface area contributed by atoms with Crippen LogP contribution in [-0.2, 0) is 9.53 Å². The number of carbonyl (C=O) groups excluding carboxylic acids is 1. The molecule has 15 heavy (non-hydrogen) atoms. The van der Waals surface area contributed by atoms with E-state index in [1.165, 1.54) is 11.5 Å². The molecule has 1 amide bonds. The van der Waals surface area contributed by atoms with Gasteiger partial charge in [0.2, 0.25) is 11.0 Å². The van der Waals surface area contributed by atoms with Gasteiger partial charge in [0, 0.05) is 18.1 Å². The van der Waals surface area contributed by atoms with Crippen LogP contribution in [0.2, 0.25) is 0 Å². The van der Waals surface area contributed by atoms with Crippen LogP contribution in [-0.4, -0.2) is 41.1 Å². The number of hydrogen-bond acceptors (Lipinski definition) is 6. The molecule has 0 aromatic carbocycles. The van der Waals surface area contributed by atoms with Gasteiger partial charge >= 0.3 is 0 Å². The first kappa shape index (κ1) is 10.3. The molecule has 1 aliphatic rings. The van der Waals surface area contributed by atoms with Crippen molar-refractivity contribution in [3.63, 3.8) is 0 Å². The Balaban J connectivity index is 2.07. The first-order chi connectivity index (χ1) is 7.16. The van der Waals surface area contributed by atoms with Gasteiger partial charge in [-0.3, -0.25) is 4.79 Å². The fourth-order valence-electron chi connectivity index (χ4n) is 1.41. The second-order valence-electron chi connectivity index (χ2n) is 3.33. The number of hydrogen-bond donors (Lipinski definition) is 1. The Kier molecular flexibility index (Phi) is 2.83. The van der Waals surface area contributed by atoms with Crippen molar-refractivity contribution in [1.29, 1.82) is 0 Å². The number of nitrogens with two attached hydrogens (primary N) is 1. The number of aromatic nitrogens is 2. The molecule has 2 heterocycles.